The minimum Gasteiger partial charge on any atom is -0.456 e. The van der Waals surface area contributed by atoms with Crippen molar-refractivity contribution in [3.63, 3.8) is 0 Å². The third kappa shape index (κ3) is 4.27. The summed E-state index contributed by atoms with van der Waals surface area (Å²) in [5.74, 6) is 2.26. The molecule has 4 aromatic rings. The molecule has 1 amide bonds. The molecule has 3 aliphatic rings. The van der Waals surface area contributed by atoms with Gasteiger partial charge in [0, 0.05) is 28.4 Å². The average Bonchev–Trinajstić information content (AvgIpc) is 3.26. The van der Waals surface area contributed by atoms with Crippen molar-refractivity contribution in [2.45, 2.75) is 50.0 Å². The number of carbonyl (C=O) groups is 1. The molecule has 0 spiro atoms. The molecule has 2 aromatic heterocycles. The van der Waals surface area contributed by atoms with E-state index in [1.807, 2.05) is 36.0 Å². The van der Waals surface area contributed by atoms with Crippen molar-refractivity contribution in [3.8, 4) is 11.5 Å². The fourth-order valence-electron chi connectivity index (χ4n) is 5.37. The molecule has 1 unspecified atom stereocenters. The lowest BCUT2D eigenvalue weighted by Crippen LogP contribution is -2.59. The number of aryl methyl sites for hydroxylation is 1. The summed E-state index contributed by atoms with van der Waals surface area (Å²) in [6.07, 6.45) is 9.19. The third-order valence-corrected chi connectivity index (χ3v) is 9.47. The summed E-state index contributed by atoms with van der Waals surface area (Å²) >= 11 is 0. The molecule has 3 aliphatic carbocycles. The van der Waals surface area contributed by atoms with Gasteiger partial charge >= 0.3 is 0 Å². The average molecular weight is 516 g/mol. The number of nitrogens with one attached hydrogen (secondary N) is 2. The number of rotatable bonds is 8. The summed E-state index contributed by atoms with van der Waals surface area (Å²) < 4.78 is 29.0. The predicted molar refractivity (Wildman–Crippen MR) is 143 cm³/mol. The van der Waals surface area contributed by atoms with Gasteiger partial charge in [0.15, 0.2) is 0 Å². The van der Waals surface area contributed by atoms with Gasteiger partial charge in [-0.15, -0.1) is 0 Å². The van der Waals surface area contributed by atoms with Crippen LogP contribution in [0.15, 0.2) is 66.0 Å². The van der Waals surface area contributed by atoms with E-state index < -0.39 is 9.73 Å². The number of carbonyl (C=O) groups excluding carboxylic acids is 1. The number of fused-ring (bicyclic) bond motifs is 1. The molecule has 2 bridgehead atoms. The quantitative estimate of drug-likeness (QED) is 0.315. The standard InChI is InChI=1S/C28H29N5O3S/c1-3-37(29,35)22-5-6-24-23(12-22)26(8-9-30-24)36-25-7-4-19(10-18(25)2)11-27(34)32-21-16-31-33(17-21)28-13-20(14-28)15-28/h4-10,12,16-17,20,29H,3,11,13-15H2,1-2H3,(H,32,34). The molecule has 37 heavy (non-hydrogen) atoms. The van der Waals surface area contributed by atoms with Crippen LogP contribution in [0.2, 0.25) is 0 Å². The van der Waals surface area contributed by atoms with E-state index in [1.54, 1.807) is 43.6 Å². The maximum atomic E-state index is 12.7. The number of hydrogen-bond acceptors (Lipinski definition) is 6. The van der Waals surface area contributed by atoms with Crippen LogP contribution in [-0.2, 0) is 26.5 Å². The zero-order valence-corrected chi connectivity index (χ0v) is 21.7. The Morgan fingerprint density at radius 2 is 2.00 bits per heavy atom. The maximum absolute atomic E-state index is 12.7. The largest absolute Gasteiger partial charge is 0.456 e. The van der Waals surface area contributed by atoms with Crippen LogP contribution >= 0.6 is 0 Å². The summed E-state index contributed by atoms with van der Waals surface area (Å²) in [7, 11) is -2.86. The molecule has 0 aliphatic heterocycles. The summed E-state index contributed by atoms with van der Waals surface area (Å²) in [4.78, 5) is 17.5. The Bertz CT molecular complexity index is 1630. The first-order valence-corrected chi connectivity index (χ1v) is 14.2. The van der Waals surface area contributed by atoms with Crippen LogP contribution in [0.25, 0.3) is 10.9 Å². The van der Waals surface area contributed by atoms with E-state index in [4.69, 9.17) is 9.52 Å². The molecule has 2 aromatic carbocycles. The first kappa shape index (κ1) is 23.7. The van der Waals surface area contributed by atoms with Crippen LogP contribution in [0.5, 0.6) is 11.5 Å². The molecule has 190 valence electrons. The van der Waals surface area contributed by atoms with Gasteiger partial charge < -0.3 is 10.1 Å². The van der Waals surface area contributed by atoms with Gasteiger partial charge in [-0.2, -0.15) is 5.10 Å². The minimum absolute atomic E-state index is 0.0900. The highest BCUT2D eigenvalue weighted by atomic mass is 32.2. The van der Waals surface area contributed by atoms with Crippen molar-refractivity contribution in [2.75, 3.05) is 11.1 Å². The number of amides is 1. The molecule has 0 radical (unpaired) electrons. The molecular weight excluding hydrogens is 486 g/mol. The molecule has 2 N–H and O–H groups in total. The summed E-state index contributed by atoms with van der Waals surface area (Å²) in [5, 5.41) is 8.14. The Labute approximate surface area is 216 Å². The molecule has 2 heterocycles. The molecule has 3 fully saturated rings. The first-order valence-electron chi connectivity index (χ1n) is 12.5. The Morgan fingerprint density at radius 3 is 2.70 bits per heavy atom. The van der Waals surface area contributed by atoms with Crippen molar-refractivity contribution in [2.24, 2.45) is 5.92 Å². The predicted octanol–water partition coefficient (Wildman–Crippen LogP) is 5.65. The second-order valence-corrected chi connectivity index (χ2v) is 12.7. The molecule has 7 rings (SSSR count). The van der Waals surface area contributed by atoms with Gasteiger partial charge in [0.25, 0.3) is 0 Å². The van der Waals surface area contributed by atoms with E-state index in [9.17, 15) is 9.00 Å². The maximum Gasteiger partial charge on any atom is 0.228 e. The number of benzene rings is 2. The van der Waals surface area contributed by atoms with Gasteiger partial charge in [0.05, 0.1) is 39.1 Å². The van der Waals surface area contributed by atoms with Gasteiger partial charge in [-0.05, 0) is 73.6 Å². The Hall–Kier alpha value is -3.72. The fraction of sp³-hybridized carbons (Fsp3) is 0.321. The van der Waals surface area contributed by atoms with Crippen LogP contribution < -0.4 is 10.1 Å². The number of ether oxygens (including phenoxy) is 1. The monoisotopic (exact) mass is 515 g/mol. The van der Waals surface area contributed by atoms with E-state index in [-0.39, 0.29) is 23.6 Å². The van der Waals surface area contributed by atoms with Gasteiger partial charge in [0.2, 0.25) is 5.91 Å². The highest BCUT2D eigenvalue weighted by molar-refractivity contribution is 7.92. The van der Waals surface area contributed by atoms with Crippen LogP contribution in [0.4, 0.5) is 5.69 Å². The van der Waals surface area contributed by atoms with Gasteiger partial charge in [-0.3, -0.25) is 14.5 Å². The lowest BCUT2D eigenvalue weighted by Gasteiger charge is -2.61. The Morgan fingerprint density at radius 1 is 1.19 bits per heavy atom. The summed E-state index contributed by atoms with van der Waals surface area (Å²) in [6.45, 7) is 3.68. The van der Waals surface area contributed by atoms with Gasteiger partial charge in [0.1, 0.15) is 11.5 Å². The topological polar surface area (TPSA) is 110 Å². The molecule has 0 saturated heterocycles. The van der Waals surface area contributed by atoms with Crippen LogP contribution in [0.1, 0.15) is 37.3 Å². The van der Waals surface area contributed by atoms with Crippen molar-refractivity contribution in [3.05, 3.63) is 72.2 Å². The lowest BCUT2D eigenvalue weighted by molar-refractivity contribution is -0.115. The number of aromatic nitrogens is 3. The number of nitrogens with zero attached hydrogens (tertiary/aromatic N) is 3. The Balaban J connectivity index is 1.16. The second-order valence-electron chi connectivity index (χ2n) is 10.3. The smallest absolute Gasteiger partial charge is 0.228 e. The molecule has 8 nitrogen and oxygen atoms in total. The van der Waals surface area contributed by atoms with Crippen molar-refractivity contribution in [1.29, 1.82) is 4.78 Å². The molecule has 1 atom stereocenters. The van der Waals surface area contributed by atoms with Crippen molar-refractivity contribution >= 4 is 32.2 Å². The first-order chi connectivity index (χ1) is 17.7. The van der Waals surface area contributed by atoms with E-state index in [1.165, 1.54) is 19.3 Å². The third-order valence-electron chi connectivity index (χ3n) is 7.64. The van der Waals surface area contributed by atoms with E-state index in [0.717, 1.165) is 22.7 Å². The lowest BCUT2D eigenvalue weighted by atomic mass is 9.50. The van der Waals surface area contributed by atoms with Crippen LogP contribution in [0.3, 0.4) is 0 Å². The van der Waals surface area contributed by atoms with E-state index in [0.29, 0.717) is 27.3 Å². The Kier molecular flexibility index (Phi) is 5.56. The normalized spacial score (nSPS) is 21.5. The summed E-state index contributed by atoms with van der Waals surface area (Å²) in [5.41, 5.74) is 3.41. The number of pyridine rings is 1. The molecule has 3 saturated carbocycles. The summed E-state index contributed by atoms with van der Waals surface area (Å²) in [6, 6.07) is 12.7. The van der Waals surface area contributed by atoms with Crippen molar-refractivity contribution < 1.29 is 13.7 Å². The highest BCUT2D eigenvalue weighted by Gasteiger charge is 2.58. The SMILES string of the molecule is CCS(=N)(=O)c1ccc2nccc(Oc3ccc(CC(=O)Nc4cnn(C56CC(C5)C6)c4)cc3C)c2c1. The molecular formula is C28H29N5O3S. The highest BCUT2D eigenvalue weighted by Crippen LogP contribution is 2.62. The van der Waals surface area contributed by atoms with Crippen LogP contribution in [-0.4, -0.2) is 30.6 Å². The van der Waals surface area contributed by atoms with Crippen molar-refractivity contribution in [1.82, 2.24) is 14.8 Å². The van der Waals surface area contributed by atoms with E-state index in [2.05, 4.69) is 15.4 Å². The second kappa shape index (κ2) is 8.69. The fourth-order valence-corrected chi connectivity index (χ4v) is 6.30. The zero-order valence-electron chi connectivity index (χ0n) is 20.9. The van der Waals surface area contributed by atoms with Gasteiger partial charge in [-0.1, -0.05) is 19.1 Å². The molecule has 9 heteroatoms. The zero-order chi connectivity index (χ0) is 25.8. The van der Waals surface area contributed by atoms with E-state index >= 15 is 0 Å². The van der Waals surface area contributed by atoms with Crippen LogP contribution in [0, 0.1) is 17.6 Å². The number of hydrogen-bond donors (Lipinski definition) is 2. The minimum atomic E-state index is -2.86. The van der Waals surface area contributed by atoms with Gasteiger partial charge in [-0.25, -0.2) is 8.99 Å². The number of anilines is 1.